The topological polar surface area (TPSA) is 106 Å². The zero-order valence-electron chi connectivity index (χ0n) is 19.1. The fraction of sp³-hybridized carbons (Fsp3) is 0.348. The number of alkyl halides is 3. The van der Waals surface area contributed by atoms with Crippen LogP contribution in [0, 0.1) is 23.1 Å². The highest BCUT2D eigenvalue weighted by Crippen LogP contribution is 2.33. The van der Waals surface area contributed by atoms with E-state index in [1.807, 2.05) is 6.07 Å². The predicted octanol–water partition coefficient (Wildman–Crippen LogP) is 3.56. The average molecular weight is 539 g/mol. The normalized spacial score (nSPS) is 14.1. The smallest absolute Gasteiger partial charge is 0.339 e. The Morgan fingerprint density at radius 1 is 1.22 bits per heavy atom. The Bertz CT molecular complexity index is 1460. The Kier molecular flexibility index (Phi) is 7.77. The van der Waals surface area contributed by atoms with Gasteiger partial charge in [-0.2, -0.15) is 10.2 Å². The van der Waals surface area contributed by atoms with Crippen LogP contribution in [0.1, 0.15) is 12.8 Å². The summed E-state index contributed by atoms with van der Waals surface area (Å²) in [6.45, 7) is -1.60. The first-order valence-corrected chi connectivity index (χ1v) is 11.4. The summed E-state index contributed by atoms with van der Waals surface area (Å²) < 4.78 is 59.5. The summed E-state index contributed by atoms with van der Waals surface area (Å²) in [4.78, 5) is 36.7. The lowest BCUT2D eigenvalue weighted by atomic mass is 9.96. The lowest BCUT2D eigenvalue weighted by Crippen LogP contribution is -2.46. The summed E-state index contributed by atoms with van der Waals surface area (Å²) >= 11 is 5.98. The zero-order valence-corrected chi connectivity index (χ0v) is 19.8. The maximum absolute atomic E-state index is 14.0. The Labute approximate surface area is 212 Å². The van der Waals surface area contributed by atoms with Gasteiger partial charge in [0.25, 0.3) is 5.56 Å². The van der Waals surface area contributed by atoms with E-state index >= 15 is 0 Å². The van der Waals surface area contributed by atoms with Crippen molar-refractivity contribution in [1.29, 1.82) is 5.26 Å². The molecule has 1 fully saturated rings. The van der Waals surface area contributed by atoms with Crippen molar-refractivity contribution < 1.29 is 22.3 Å². The summed E-state index contributed by atoms with van der Waals surface area (Å²) in [7, 11) is 0. The fourth-order valence-corrected chi connectivity index (χ4v) is 4.40. The molecule has 1 aliphatic rings. The molecule has 0 atom stereocenters. The van der Waals surface area contributed by atoms with Gasteiger partial charge in [0.2, 0.25) is 19.2 Å². The second-order valence-corrected chi connectivity index (χ2v) is 8.53. The highest BCUT2D eigenvalue weighted by atomic mass is 35.5. The van der Waals surface area contributed by atoms with Gasteiger partial charge in [-0.15, -0.1) is 0 Å². The molecule has 0 spiro atoms. The molecule has 0 radical (unpaired) electrons. The van der Waals surface area contributed by atoms with Crippen LogP contribution in [0.5, 0.6) is 5.88 Å². The molecule has 4 rings (SSSR count). The molecule has 37 heavy (non-hydrogen) atoms. The second kappa shape index (κ2) is 11.0. The molecular weight excluding hydrogens is 520 g/mol. The molecule has 0 unspecified atom stereocenters. The monoisotopic (exact) mass is 538 g/mol. The van der Waals surface area contributed by atoms with Gasteiger partial charge >= 0.3 is 5.69 Å². The van der Waals surface area contributed by atoms with Crippen molar-refractivity contribution in [1.82, 2.24) is 19.1 Å². The summed E-state index contributed by atoms with van der Waals surface area (Å²) in [5.41, 5.74) is -1.90. The molecule has 0 saturated carbocycles. The number of ether oxygens (including phenoxy) is 1. The van der Waals surface area contributed by atoms with Crippen molar-refractivity contribution in [3.05, 3.63) is 62.3 Å². The Morgan fingerprint density at radius 2 is 1.95 bits per heavy atom. The van der Waals surface area contributed by atoms with E-state index in [0.717, 1.165) is 23.0 Å². The van der Waals surface area contributed by atoms with E-state index in [-0.39, 0.29) is 59.6 Å². The molecular formula is C23H19ClF4N6O3. The number of hydrogen-bond acceptors (Lipinski definition) is 7. The number of anilines is 1. The number of hydrogen-bond donors (Lipinski definition) is 0. The van der Waals surface area contributed by atoms with Gasteiger partial charge in [0.15, 0.2) is 5.82 Å². The van der Waals surface area contributed by atoms with Crippen LogP contribution in [-0.2, 0) is 6.54 Å². The van der Waals surface area contributed by atoms with Crippen molar-refractivity contribution in [2.75, 3.05) is 24.9 Å². The highest BCUT2D eigenvalue weighted by Gasteiger charge is 2.31. The van der Waals surface area contributed by atoms with Gasteiger partial charge in [-0.25, -0.2) is 26.9 Å². The Balaban J connectivity index is 2.02. The summed E-state index contributed by atoms with van der Waals surface area (Å²) in [6.07, 6.45) is -0.216. The number of piperidine rings is 1. The van der Waals surface area contributed by atoms with E-state index in [1.54, 1.807) is 4.90 Å². The van der Waals surface area contributed by atoms with E-state index in [0.29, 0.717) is 4.57 Å². The first kappa shape index (κ1) is 26.2. The third-order valence-electron chi connectivity index (χ3n) is 5.98. The van der Waals surface area contributed by atoms with Crippen LogP contribution < -0.4 is 20.9 Å². The summed E-state index contributed by atoms with van der Waals surface area (Å²) in [5, 5.41) is 9.19. The molecule has 3 heterocycles. The van der Waals surface area contributed by atoms with Crippen LogP contribution in [0.3, 0.4) is 0 Å². The SMILES string of the molecule is N#CCn1c(N2CCC(C(F)F)CC2)c(-c2ccc(F)c(Cl)c2)c(=O)n(-c2cncc(OCF)n2)c1=O. The van der Waals surface area contributed by atoms with Crippen LogP contribution in [0.15, 0.2) is 40.2 Å². The van der Waals surface area contributed by atoms with Crippen molar-refractivity contribution in [3.63, 3.8) is 0 Å². The lowest BCUT2D eigenvalue weighted by molar-refractivity contribution is 0.0634. The van der Waals surface area contributed by atoms with Crippen LogP contribution in [0.2, 0.25) is 5.02 Å². The maximum atomic E-state index is 14.0. The van der Waals surface area contributed by atoms with E-state index in [9.17, 15) is 32.4 Å². The fourth-order valence-electron chi connectivity index (χ4n) is 4.22. The summed E-state index contributed by atoms with van der Waals surface area (Å²) in [5.74, 6) is -2.22. The minimum absolute atomic E-state index is 0.00677. The zero-order chi connectivity index (χ0) is 26.7. The largest absolute Gasteiger partial charge is 0.445 e. The number of halogens is 5. The molecule has 1 aliphatic heterocycles. The number of aromatic nitrogens is 4. The van der Waals surface area contributed by atoms with Crippen molar-refractivity contribution in [3.8, 4) is 28.9 Å². The molecule has 1 aromatic carbocycles. The number of nitrogens with zero attached hydrogens (tertiary/aromatic N) is 6. The standard InChI is InChI=1S/C23H19ClF4N6O3/c24-15-9-14(1-2-16(15)26)19-21(32-6-3-13(4-7-32)20(27)28)33(8-5-29)23(36)34(22(19)35)17-10-30-11-18(31-17)37-12-25/h1-2,9-11,13,20H,3-4,6-8,12H2. The number of benzene rings is 1. The van der Waals surface area contributed by atoms with Gasteiger partial charge in [-0.3, -0.25) is 14.3 Å². The number of nitriles is 1. The molecule has 1 saturated heterocycles. The third kappa shape index (κ3) is 5.15. The third-order valence-corrected chi connectivity index (χ3v) is 6.27. The molecule has 3 aromatic rings. The van der Waals surface area contributed by atoms with Crippen molar-refractivity contribution >= 4 is 17.4 Å². The minimum Gasteiger partial charge on any atom is -0.445 e. The number of rotatable bonds is 7. The predicted molar refractivity (Wildman–Crippen MR) is 125 cm³/mol. The molecule has 14 heteroatoms. The van der Waals surface area contributed by atoms with Crippen molar-refractivity contribution in [2.24, 2.45) is 5.92 Å². The molecule has 0 bridgehead atoms. The molecule has 0 N–H and O–H groups in total. The molecule has 0 aliphatic carbocycles. The molecule has 0 amide bonds. The first-order chi connectivity index (χ1) is 17.8. The lowest BCUT2D eigenvalue weighted by Gasteiger charge is -2.35. The second-order valence-electron chi connectivity index (χ2n) is 8.12. The quantitative estimate of drug-likeness (QED) is 0.423. The maximum Gasteiger partial charge on any atom is 0.339 e. The van der Waals surface area contributed by atoms with Gasteiger partial charge in [0, 0.05) is 19.0 Å². The Hall–Kier alpha value is -3.92. The van der Waals surface area contributed by atoms with Gasteiger partial charge in [0.05, 0.1) is 29.0 Å². The van der Waals surface area contributed by atoms with Crippen LogP contribution in [0.25, 0.3) is 16.9 Å². The first-order valence-electron chi connectivity index (χ1n) is 11.0. The van der Waals surface area contributed by atoms with Gasteiger partial charge < -0.3 is 9.64 Å². The summed E-state index contributed by atoms with van der Waals surface area (Å²) in [6, 6.07) is 5.35. The molecule has 2 aromatic heterocycles. The minimum atomic E-state index is -2.52. The van der Waals surface area contributed by atoms with E-state index < -0.39 is 42.8 Å². The highest BCUT2D eigenvalue weighted by molar-refractivity contribution is 6.31. The van der Waals surface area contributed by atoms with Crippen molar-refractivity contribution in [2.45, 2.75) is 25.8 Å². The Morgan fingerprint density at radius 3 is 2.57 bits per heavy atom. The van der Waals surface area contributed by atoms with E-state index in [4.69, 9.17) is 11.6 Å². The van der Waals surface area contributed by atoms with E-state index in [2.05, 4.69) is 14.7 Å². The van der Waals surface area contributed by atoms with Gasteiger partial charge in [-0.05, 0) is 30.5 Å². The van der Waals surface area contributed by atoms with Gasteiger partial charge in [-0.1, -0.05) is 17.7 Å². The molecule has 9 nitrogen and oxygen atoms in total. The van der Waals surface area contributed by atoms with Gasteiger partial charge in [0.1, 0.15) is 18.2 Å². The van der Waals surface area contributed by atoms with E-state index in [1.165, 1.54) is 12.1 Å². The molecule has 194 valence electrons. The van der Waals surface area contributed by atoms with Crippen LogP contribution in [-0.4, -0.2) is 45.5 Å². The van der Waals surface area contributed by atoms with Crippen LogP contribution >= 0.6 is 11.6 Å². The van der Waals surface area contributed by atoms with Crippen LogP contribution in [0.4, 0.5) is 23.4 Å². The average Bonchev–Trinajstić information content (AvgIpc) is 2.88.